The summed E-state index contributed by atoms with van der Waals surface area (Å²) in [4.78, 5) is 24.3. The van der Waals surface area contributed by atoms with Crippen molar-refractivity contribution in [1.82, 2.24) is 14.8 Å². The Hall–Kier alpha value is -2.84. The molecule has 0 aliphatic heterocycles. The van der Waals surface area contributed by atoms with E-state index >= 15 is 0 Å². The number of hydrogen-bond donors (Lipinski definition) is 1. The smallest absolute Gasteiger partial charge is 0.338 e. The minimum atomic E-state index is -0.468. The Labute approximate surface area is 183 Å². The van der Waals surface area contributed by atoms with E-state index in [2.05, 4.69) is 15.5 Å². The van der Waals surface area contributed by atoms with E-state index in [-0.39, 0.29) is 18.3 Å². The van der Waals surface area contributed by atoms with Gasteiger partial charge in [0.1, 0.15) is 5.82 Å². The number of ether oxygens (including phenoxy) is 1. The molecule has 0 aliphatic rings. The zero-order valence-corrected chi connectivity index (χ0v) is 18.2. The number of rotatable bonds is 8. The molecule has 0 fully saturated rings. The molecule has 3 rings (SSSR count). The number of esters is 1. The maximum absolute atomic E-state index is 12.4. The molecule has 7 nitrogen and oxygen atoms in total. The Morgan fingerprint density at radius 1 is 1.17 bits per heavy atom. The number of anilines is 1. The second-order valence-electron chi connectivity index (χ2n) is 6.37. The van der Waals surface area contributed by atoms with Crippen molar-refractivity contribution in [2.45, 2.75) is 18.5 Å². The zero-order chi connectivity index (χ0) is 21.5. The van der Waals surface area contributed by atoms with Crippen LogP contribution in [0.5, 0.6) is 0 Å². The summed E-state index contributed by atoms with van der Waals surface area (Å²) in [5.41, 5.74) is 1.82. The molecule has 1 amide bonds. The molecule has 0 spiro atoms. The molecule has 0 saturated carbocycles. The van der Waals surface area contributed by atoms with Gasteiger partial charge in [-0.05, 0) is 30.7 Å². The van der Waals surface area contributed by atoms with Gasteiger partial charge >= 0.3 is 5.97 Å². The molecular weight excluding hydrogens is 424 g/mol. The van der Waals surface area contributed by atoms with Crippen molar-refractivity contribution in [2.24, 2.45) is 7.05 Å². The fourth-order valence-electron chi connectivity index (χ4n) is 2.68. The maximum atomic E-state index is 12.4. The second-order valence-corrected chi connectivity index (χ2v) is 7.72. The van der Waals surface area contributed by atoms with Crippen molar-refractivity contribution in [3.63, 3.8) is 0 Å². The van der Waals surface area contributed by atoms with Crippen LogP contribution in [0.3, 0.4) is 0 Å². The van der Waals surface area contributed by atoms with Crippen LogP contribution in [0.2, 0.25) is 5.02 Å². The molecule has 156 valence electrons. The van der Waals surface area contributed by atoms with Gasteiger partial charge in [0.2, 0.25) is 5.91 Å². The Morgan fingerprint density at radius 3 is 2.67 bits per heavy atom. The topological polar surface area (TPSA) is 86.1 Å². The summed E-state index contributed by atoms with van der Waals surface area (Å²) in [5, 5.41) is 12.1. The fraction of sp³-hybridized carbons (Fsp3) is 0.238. The van der Waals surface area contributed by atoms with E-state index in [4.69, 9.17) is 16.3 Å². The van der Waals surface area contributed by atoms with Gasteiger partial charge in [0.15, 0.2) is 5.16 Å². The predicted molar refractivity (Wildman–Crippen MR) is 117 cm³/mol. The van der Waals surface area contributed by atoms with Gasteiger partial charge in [-0.15, -0.1) is 10.2 Å². The normalized spacial score (nSPS) is 10.6. The number of amides is 1. The summed E-state index contributed by atoms with van der Waals surface area (Å²) in [7, 11) is 1.87. The van der Waals surface area contributed by atoms with Gasteiger partial charge < -0.3 is 14.6 Å². The molecule has 0 unspecified atom stereocenters. The summed E-state index contributed by atoms with van der Waals surface area (Å²) in [6, 6.07) is 14.6. The quantitative estimate of drug-likeness (QED) is 0.418. The lowest BCUT2D eigenvalue weighted by molar-refractivity contribution is -0.113. The molecule has 3 aromatic rings. The number of nitrogens with one attached hydrogen (secondary N) is 1. The van der Waals surface area contributed by atoms with Crippen LogP contribution in [0.1, 0.15) is 28.7 Å². The standard InChI is InChI=1S/C21H21ClN4O3S/c1-3-29-20(28)15-9-10-16(22)17(12-15)23-19(27)13-30-21-25-24-18(26(21)2)11-14-7-5-4-6-8-14/h4-10,12H,3,11,13H2,1-2H3,(H,23,27). The van der Waals surface area contributed by atoms with Crippen LogP contribution in [-0.4, -0.2) is 39.0 Å². The molecule has 0 radical (unpaired) electrons. The predicted octanol–water partition coefficient (Wildman–Crippen LogP) is 3.97. The fourth-order valence-corrected chi connectivity index (χ4v) is 3.58. The largest absolute Gasteiger partial charge is 0.462 e. The average molecular weight is 445 g/mol. The first-order valence-corrected chi connectivity index (χ1v) is 10.7. The molecule has 2 aromatic carbocycles. The highest BCUT2D eigenvalue weighted by atomic mass is 35.5. The molecule has 0 saturated heterocycles. The number of nitrogens with zero attached hydrogens (tertiary/aromatic N) is 3. The van der Waals surface area contributed by atoms with Crippen LogP contribution in [0.25, 0.3) is 0 Å². The number of thioether (sulfide) groups is 1. The van der Waals surface area contributed by atoms with Gasteiger partial charge in [0.25, 0.3) is 0 Å². The Bertz CT molecular complexity index is 1040. The third-order valence-corrected chi connectivity index (χ3v) is 5.56. The van der Waals surface area contributed by atoms with Crippen molar-refractivity contribution < 1.29 is 14.3 Å². The molecule has 0 aliphatic carbocycles. The highest BCUT2D eigenvalue weighted by Crippen LogP contribution is 2.24. The Balaban J connectivity index is 1.60. The van der Waals surface area contributed by atoms with Gasteiger partial charge in [-0.1, -0.05) is 53.7 Å². The van der Waals surface area contributed by atoms with Crippen LogP contribution in [0.15, 0.2) is 53.7 Å². The Morgan fingerprint density at radius 2 is 1.93 bits per heavy atom. The van der Waals surface area contributed by atoms with E-state index in [0.717, 1.165) is 11.4 Å². The summed E-state index contributed by atoms with van der Waals surface area (Å²) in [6.07, 6.45) is 0.660. The van der Waals surface area contributed by atoms with Crippen LogP contribution in [0, 0.1) is 0 Å². The number of aromatic nitrogens is 3. The maximum Gasteiger partial charge on any atom is 0.338 e. The van der Waals surface area contributed by atoms with E-state index in [1.165, 1.54) is 17.8 Å². The van der Waals surface area contributed by atoms with Crippen LogP contribution in [0.4, 0.5) is 5.69 Å². The summed E-state index contributed by atoms with van der Waals surface area (Å²) < 4.78 is 6.85. The lowest BCUT2D eigenvalue weighted by Gasteiger charge is -2.09. The summed E-state index contributed by atoms with van der Waals surface area (Å²) >= 11 is 7.42. The van der Waals surface area contributed by atoms with Gasteiger partial charge in [-0.3, -0.25) is 4.79 Å². The molecular formula is C21H21ClN4O3S. The first-order chi connectivity index (χ1) is 14.5. The lowest BCUT2D eigenvalue weighted by atomic mass is 10.1. The van der Waals surface area contributed by atoms with Gasteiger partial charge in [0, 0.05) is 13.5 Å². The van der Waals surface area contributed by atoms with Gasteiger partial charge in [-0.25, -0.2) is 4.79 Å². The highest BCUT2D eigenvalue weighted by Gasteiger charge is 2.14. The second kappa shape index (κ2) is 10.3. The van der Waals surface area contributed by atoms with Crippen molar-refractivity contribution in [3.05, 3.63) is 70.5 Å². The number of carbonyl (C=O) groups is 2. The van der Waals surface area contributed by atoms with Crippen LogP contribution >= 0.6 is 23.4 Å². The number of carbonyl (C=O) groups excluding carboxylic acids is 2. The molecule has 0 bridgehead atoms. The van der Waals surface area contributed by atoms with E-state index in [1.807, 2.05) is 41.9 Å². The van der Waals surface area contributed by atoms with Crippen molar-refractivity contribution in [3.8, 4) is 0 Å². The minimum absolute atomic E-state index is 0.122. The van der Waals surface area contributed by atoms with Gasteiger partial charge in [-0.2, -0.15) is 0 Å². The van der Waals surface area contributed by atoms with E-state index in [0.29, 0.717) is 27.9 Å². The van der Waals surface area contributed by atoms with Crippen molar-refractivity contribution in [2.75, 3.05) is 17.7 Å². The number of hydrogen-bond acceptors (Lipinski definition) is 6. The molecule has 1 N–H and O–H groups in total. The summed E-state index contributed by atoms with van der Waals surface area (Å²) in [6.45, 7) is 2.00. The third-order valence-electron chi connectivity index (χ3n) is 4.21. The number of halogens is 1. The van der Waals surface area contributed by atoms with E-state index in [9.17, 15) is 9.59 Å². The van der Waals surface area contributed by atoms with E-state index in [1.54, 1.807) is 19.1 Å². The van der Waals surface area contributed by atoms with Gasteiger partial charge in [0.05, 0.1) is 28.6 Å². The van der Waals surface area contributed by atoms with Crippen LogP contribution < -0.4 is 5.32 Å². The minimum Gasteiger partial charge on any atom is -0.462 e. The third kappa shape index (κ3) is 5.61. The first kappa shape index (κ1) is 21.9. The average Bonchev–Trinajstić information content (AvgIpc) is 3.08. The van der Waals surface area contributed by atoms with Crippen molar-refractivity contribution in [1.29, 1.82) is 0 Å². The molecule has 1 heterocycles. The monoisotopic (exact) mass is 444 g/mol. The highest BCUT2D eigenvalue weighted by molar-refractivity contribution is 7.99. The van der Waals surface area contributed by atoms with E-state index < -0.39 is 5.97 Å². The summed E-state index contributed by atoms with van der Waals surface area (Å²) in [5.74, 6) is 0.200. The number of benzene rings is 2. The molecule has 0 atom stereocenters. The molecule has 1 aromatic heterocycles. The zero-order valence-electron chi connectivity index (χ0n) is 16.6. The molecule has 9 heteroatoms. The SMILES string of the molecule is CCOC(=O)c1ccc(Cl)c(NC(=O)CSc2nnc(Cc3ccccc3)n2C)c1. The van der Waals surface area contributed by atoms with Crippen LogP contribution in [-0.2, 0) is 23.0 Å². The Kier molecular flexibility index (Phi) is 7.48. The lowest BCUT2D eigenvalue weighted by Crippen LogP contribution is -2.15. The molecule has 30 heavy (non-hydrogen) atoms. The van der Waals surface area contributed by atoms with Crippen molar-refractivity contribution >= 4 is 40.9 Å². The first-order valence-electron chi connectivity index (χ1n) is 9.29.